The second-order valence-electron chi connectivity index (χ2n) is 8.16. The summed E-state index contributed by atoms with van der Waals surface area (Å²) in [5.74, 6) is 1.27. The van der Waals surface area contributed by atoms with Crippen LogP contribution in [-0.2, 0) is 10.8 Å². The van der Waals surface area contributed by atoms with Crippen molar-refractivity contribution in [2.45, 2.75) is 38.5 Å². The van der Waals surface area contributed by atoms with E-state index >= 15 is 0 Å². The quantitative estimate of drug-likeness (QED) is 0.608. The van der Waals surface area contributed by atoms with E-state index in [2.05, 4.69) is 20.3 Å². The summed E-state index contributed by atoms with van der Waals surface area (Å²) in [5.41, 5.74) is 2.43. The van der Waals surface area contributed by atoms with E-state index in [1.165, 1.54) is 18.5 Å². The Kier molecular flexibility index (Phi) is 6.69. The SMILES string of the molecule is CC(C)c1ncc(C(=O)Nc2c(-c3ccccc3F)ccnc2C2CCS(=O)CC2)cn1. The third kappa shape index (κ3) is 4.75. The van der Waals surface area contributed by atoms with E-state index in [1.54, 1.807) is 30.5 Å². The third-order valence-corrected chi connectivity index (χ3v) is 6.99. The second-order valence-corrected chi connectivity index (χ2v) is 9.86. The lowest BCUT2D eigenvalue weighted by molar-refractivity contribution is 0.102. The molecule has 0 spiro atoms. The van der Waals surface area contributed by atoms with Crippen LogP contribution >= 0.6 is 0 Å². The van der Waals surface area contributed by atoms with Crippen molar-refractivity contribution in [1.82, 2.24) is 15.0 Å². The van der Waals surface area contributed by atoms with Crippen molar-refractivity contribution >= 4 is 22.4 Å². The van der Waals surface area contributed by atoms with Crippen LogP contribution < -0.4 is 5.32 Å². The largest absolute Gasteiger partial charge is 0.320 e. The van der Waals surface area contributed by atoms with Gasteiger partial charge < -0.3 is 5.32 Å². The number of amides is 1. The molecule has 1 aromatic carbocycles. The van der Waals surface area contributed by atoms with Crippen LogP contribution in [0.4, 0.5) is 10.1 Å². The summed E-state index contributed by atoms with van der Waals surface area (Å²) in [4.78, 5) is 26.2. The summed E-state index contributed by atoms with van der Waals surface area (Å²) >= 11 is 0. The highest BCUT2D eigenvalue weighted by Crippen LogP contribution is 2.38. The number of nitrogens with one attached hydrogen (secondary N) is 1. The number of pyridine rings is 1. The number of anilines is 1. The summed E-state index contributed by atoms with van der Waals surface area (Å²) in [6.45, 7) is 3.96. The van der Waals surface area contributed by atoms with Gasteiger partial charge in [-0.1, -0.05) is 32.0 Å². The number of carbonyl (C=O) groups excluding carboxylic acids is 1. The van der Waals surface area contributed by atoms with Crippen molar-refractivity contribution in [2.75, 3.05) is 16.8 Å². The summed E-state index contributed by atoms with van der Waals surface area (Å²) in [7, 11) is -0.825. The highest BCUT2D eigenvalue weighted by atomic mass is 32.2. The number of aromatic nitrogens is 3. The first-order chi connectivity index (χ1) is 15.4. The highest BCUT2D eigenvalue weighted by Gasteiger charge is 2.26. The van der Waals surface area contributed by atoms with Gasteiger partial charge in [0.05, 0.1) is 16.9 Å². The Morgan fingerprint density at radius 3 is 2.41 bits per heavy atom. The normalized spacial score (nSPS) is 18.5. The lowest BCUT2D eigenvalue weighted by Gasteiger charge is -2.25. The summed E-state index contributed by atoms with van der Waals surface area (Å²) < 4.78 is 26.5. The molecule has 4 rings (SSSR count). The molecule has 8 heteroatoms. The van der Waals surface area contributed by atoms with Crippen LogP contribution in [0.1, 0.15) is 60.4 Å². The van der Waals surface area contributed by atoms with Gasteiger partial charge in [0.15, 0.2) is 0 Å². The van der Waals surface area contributed by atoms with Crippen LogP contribution in [0, 0.1) is 5.82 Å². The molecule has 1 fully saturated rings. The van der Waals surface area contributed by atoms with Gasteiger partial charge in [0.1, 0.15) is 11.6 Å². The Balaban J connectivity index is 1.74. The molecule has 1 aliphatic rings. The topological polar surface area (TPSA) is 84.8 Å². The van der Waals surface area contributed by atoms with Crippen LogP contribution in [0.15, 0.2) is 48.9 Å². The molecular weight excluding hydrogens is 427 g/mol. The molecule has 1 saturated heterocycles. The minimum absolute atomic E-state index is 0.0364. The Morgan fingerprint density at radius 1 is 1.06 bits per heavy atom. The fourth-order valence-electron chi connectivity index (χ4n) is 3.83. The van der Waals surface area contributed by atoms with Crippen LogP contribution in [0.25, 0.3) is 11.1 Å². The lowest BCUT2D eigenvalue weighted by Crippen LogP contribution is -2.21. The maximum atomic E-state index is 14.7. The number of carbonyl (C=O) groups is 1. The number of nitrogens with zero attached hydrogens (tertiary/aromatic N) is 3. The average Bonchev–Trinajstić information content (AvgIpc) is 2.80. The van der Waals surface area contributed by atoms with Crippen LogP contribution in [0.3, 0.4) is 0 Å². The molecule has 32 heavy (non-hydrogen) atoms. The van der Waals surface area contributed by atoms with Crippen molar-refractivity contribution in [2.24, 2.45) is 0 Å². The van der Waals surface area contributed by atoms with E-state index in [4.69, 9.17) is 0 Å². The molecule has 0 unspecified atom stereocenters. The zero-order chi connectivity index (χ0) is 22.7. The monoisotopic (exact) mass is 452 g/mol. The fourth-order valence-corrected chi connectivity index (χ4v) is 5.13. The molecule has 0 aliphatic carbocycles. The average molecular weight is 453 g/mol. The molecule has 1 N–H and O–H groups in total. The highest BCUT2D eigenvalue weighted by molar-refractivity contribution is 7.85. The van der Waals surface area contributed by atoms with Gasteiger partial charge in [-0.05, 0) is 25.0 Å². The van der Waals surface area contributed by atoms with Gasteiger partial charge in [-0.2, -0.15) is 0 Å². The van der Waals surface area contributed by atoms with Gasteiger partial charge in [-0.25, -0.2) is 14.4 Å². The van der Waals surface area contributed by atoms with E-state index < -0.39 is 10.8 Å². The first-order valence-corrected chi connectivity index (χ1v) is 12.1. The Hall–Kier alpha value is -3.00. The van der Waals surface area contributed by atoms with Crippen molar-refractivity contribution in [3.63, 3.8) is 0 Å². The molecule has 0 atom stereocenters. The van der Waals surface area contributed by atoms with Crippen molar-refractivity contribution in [3.8, 4) is 11.1 Å². The number of hydrogen-bond acceptors (Lipinski definition) is 5. The van der Waals surface area contributed by atoms with E-state index in [9.17, 15) is 13.4 Å². The van der Waals surface area contributed by atoms with Crippen LogP contribution in [-0.4, -0.2) is 36.6 Å². The Labute approximate surface area is 189 Å². The molecule has 1 aliphatic heterocycles. The molecular formula is C24H25FN4O2S. The molecule has 2 aromatic heterocycles. The summed E-state index contributed by atoms with van der Waals surface area (Å²) in [5, 5.41) is 2.95. The maximum Gasteiger partial charge on any atom is 0.258 e. The summed E-state index contributed by atoms with van der Waals surface area (Å²) in [6.07, 6.45) is 6.05. The van der Waals surface area contributed by atoms with E-state index in [-0.39, 0.29) is 23.6 Å². The minimum Gasteiger partial charge on any atom is -0.320 e. The molecule has 0 radical (unpaired) electrons. The van der Waals surface area contributed by atoms with Crippen molar-refractivity contribution in [1.29, 1.82) is 0 Å². The molecule has 3 aromatic rings. The number of rotatable bonds is 5. The summed E-state index contributed by atoms with van der Waals surface area (Å²) in [6, 6.07) is 8.16. The van der Waals surface area contributed by atoms with Gasteiger partial charge in [-0.3, -0.25) is 14.0 Å². The molecule has 166 valence electrons. The number of benzene rings is 1. The third-order valence-electron chi connectivity index (χ3n) is 5.61. The van der Waals surface area contributed by atoms with E-state index in [0.29, 0.717) is 58.2 Å². The zero-order valence-electron chi connectivity index (χ0n) is 18.0. The van der Waals surface area contributed by atoms with Gasteiger partial charge in [-0.15, -0.1) is 0 Å². The van der Waals surface area contributed by atoms with Crippen molar-refractivity contribution in [3.05, 3.63) is 71.8 Å². The lowest BCUT2D eigenvalue weighted by atomic mass is 9.93. The Morgan fingerprint density at radius 2 is 1.75 bits per heavy atom. The first kappa shape index (κ1) is 22.2. The Bertz CT molecular complexity index is 1140. The van der Waals surface area contributed by atoms with Gasteiger partial charge in [0.25, 0.3) is 5.91 Å². The molecule has 0 saturated carbocycles. The first-order valence-electron chi connectivity index (χ1n) is 10.7. The van der Waals surface area contributed by atoms with E-state index in [0.717, 1.165) is 0 Å². The maximum absolute atomic E-state index is 14.7. The molecule has 3 heterocycles. The molecule has 1 amide bonds. The zero-order valence-corrected chi connectivity index (χ0v) is 18.9. The van der Waals surface area contributed by atoms with Gasteiger partial charge in [0.2, 0.25) is 0 Å². The van der Waals surface area contributed by atoms with Gasteiger partial charge >= 0.3 is 0 Å². The fraction of sp³-hybridized carbons (Fsp3) is 0.333. The van der Waals surface area contributed by atoms with Crippen LogP contribution in [0.5, 0.6) is 0 Å². The van der Waals surface area contributed by atoms with Crippen molar-refractivity contribution < 1.29 is 13.4 Å². The second kappa shape index (κ2) is 9.65. The molecule has 6 nitrogen and oxygen atoms in total. The standard InChI is InChI=1S/C24H25FN4O2S/c1-15(2)23-27-13-17(14-28-23)24(30)29-22-19(18-5-3-4-6-20(18)25)7-10-26-21(22)16-8-11-32(31)12-9-16/h3-7,10,13-16H,8-9,11-12H2,1-2H3,(H,29,30). The van der Waals surface area contributed by atoms with Crippen LogP contribution in [0.2, 0.25) is 0 Å². The number of hydrogen-bond donors (Lipinski definition) is 1. The predicted octanol–water partition coefficient (Wildman–Crippen LogP) is 4.68. The van der Waals surface area contributed by atoms with E-state index in [1.807, 2.05) is 13.8 Å². The number of halogens is 1. The van der Waals surface area contributed by atoms with Gasteiger partial charge in [0, 0.05) is 63.9 Å². The predicted molar refractivity (Wildman–Crippen MR) is 124 cm³/mol. The molecule has 0 bridgehead atoms. The minimum atomic E-state index is -0.825. The smallest absolute Gasteiger partial charge is 0.258 e.